The summed E-state index contributed by atoms with van der Waals surface area (Å²) in [6.45, 7) is 7.00. The lowest BCUT2D eigenvalue weighted by molar-refractivity contribution is -0.132. The fourth-order valence-corrected chi connectivity index (χ4v) is 7.58. The molecule has 254 valence electrons. The maximum Gasteiger partial charge on any atom is 0.237 e. The van der Waals surface area contributed by atoms with Crippen molar-refractivity contribution in [3.8, 4) is 16.6 Å². The number of anilines is 2. The van der Waals surface area contributed by atoms with Gasteiger partial charge in [0.05, 0.1) is 34.3 Å². The number of ether oxygens (including phenoxy) is 1. The van der Waals surface area contributed by atoms with Crippen LogP contribution in [0.25, 0.3) is 16.3 Å². The lowest BCUT2D eigenvalue weighted by atomic mass is 9.85. The molecule has 1 spiro atoms. The van der Waals surface area contributed by atoms with Gasteiger partial charge in [-0.3, -0.25) is 29.5 Å². The van der Waals surface area contributed by atoms with Crippen molar-refractivity contribution >= 4 is 45.9 Å². The SMILES string of the molecule is CC(C)Oc1ccc(C(=N)c2nc(N3CC[C@]4(CCN(CC(=O)N5CC=C(c6ncc(-c7ncn(C)n7)s6)CC5)C4)C3=O)ccc2N)cn1. The van der Waals surface area contributed by atoms with E-state index in [4.69, 9.17) is 15.9 Å². The van der Waals surface area contributed by atoms with Crippen molar-refractivity contribution in [3.63, 3.8) is 0 Å². The van der Waals surface area contributed by atoms with Gasteiger partial charge in [-0.25, -0.2) is 19.9 Å². The highest BCUT2D eigenvalue weighted by atomic mass is 32.1. The van der Waals surface area contributed by atoms with E-state index in [-0.39, 0.29) is 30.2 Å². The fraction of sp³-hybridized carbons (Fsp3) is 0.412. The predicted octanol–water partition coefficient (Wildman–Crippen LogP) is 3.26. The first-order chi connectivity index (χ1) is 23.6. The molecule has 49 heavy (non-hydrogen) atoms. The van der Waals surface area contributed by atoms with E-state index in [1.807, 2.05) is 25.8 Å². The van der Waals surface area contributed by atoms with Crippen LogP contribution in [0.2, 0.25) is 0 Å². The number of aryl methyl sites for hydroxylation is 1. The molecule has 2 amide bonds. The highest BCUT2D eigenvalue weighted by Gasteiger charge is 2.51. The Balaban J connectivity index is 0.958. The van der Waals surface area contributed by atoms with Gasteiger partial charge in [0.2, 0.25) is 17.7 Å². The summed E-state index contributed by atoms with van der Waals surface area (Å²) in [5, 5.41) is 14.1. The average Bonchev–Trinajstić information content (AvgIpc) is 3.90. The minimum Gasteiger partial charge on any atom is -0.475 e. The quantitative estimate of drug-likeness (QED) is 0.250. The average molecular weight is 682 g/mol. The van der Waals surface area contributed by atoms with Crippen molar-refractivity contribution in [2.24, 2.45) is 12.5 Å². The zero-order chi connectivity index (χ0) is 34.3. The molecule has 1 atom stereocenters. The Labute approximate surface area is 288 Å². The largest absolute Gasteiger partial charge is 0.475 e. The molecule has 0 aromatic carbocycles. The highest BCUT2D eigenvalue weighted by Crippen LogP contribution is 2.42. The molecule has 3 N–H and O–H groups in total. The van der Waals surface area contributed by atoms with Gasteiger partial charge in [0.1, 0.15) is 22.8 Å². The molecule has 0 radical (unpaired) electrons. The molecular formula is C34H39N11O3S. The first kappa shape index (κ1) is 32.5. The molecule has 15 heteroatoms. The van der Waals surface area contributed by atoms with E-state index in [1.165, 1.54) is 0 Å². The molecule has 0 saturated carbocycles. The molecule has 7 rings (SSSR count). The van der Waals surface area contributed by atoms with Crippen LogP contribution >= 0.6 is 11.3 Å². The third kappa shape index (κ3) is 6.55. The fourth-order valence-electron chi connectivity index (χ4n) is 6.66. The maximum atomic E-state index is 13.9. The van der Waals surface area contributed by atoms with E-state index in [2.05, 4.69) is 36.0 Å². The van der Waals surface area contributed by atoms with Gasteiger partial charge in [-0.2, -0.15) is 5.10 Å². The van der Waals surface area contributed by atoms with E-state index >= 15 is 0 Å². The Kier molecular flexibility index (Phi) is 8.71. The van der Waals surface area contributed by atoms with E-state index in [9.17, 15) is 9.59 Å². The number of likely N-dealkylation sites (tertiary alicyclic amines) is 1. The van der Waals surface area contributed by atoms with Crippen LogP contribution < -0.4 is 15.4 Å². The lowest BCUT2D eigenvalue weighted by Gasteiger charge is -2.28. The number of hydrogen-bond acceptors (Lipinski definition) is 12. The number of carbonyl (C=O) groups excluding carboxylic acids is 2. The van der Waals surface area contributed by atoms with Crippen LogP contribution in [0.3, 0.4) is 0 Å². The van der Waals surface area contributed by atoms with Crippen LogP contribution in [0.15, 0.2) is 49.1 Å². The van der Waals surface area contributed by atoms with Gasteiger partial charge < -0.3 is 15.4 Å². The Hall–Kier alpha value is -5.02. The maximum absolute atomic E-state index is 13.9. The van der Waals surface area contributed by atoms with Crippen molar-refractivity contribution in [3.05, 3.63) is 65.3 Å². The van der Waals surface area contributed by atoms with Gasteiger partial charge in [-0.15, -0.1) is 11.3 Å². The molecule has 0 aliphatic carbocycles. The van der Waals surface area contributed by atoms with Crippen molar-refractivity contribution in [1.82, 2.24) is 39.5 Å². The third-order valence-electron chi connectivity index (χ3n) is 9.27. The second kappa shape index (κ2) is 13.1. The molecule has 0 unspecified atom stereocenters. The number of pyridine rings is 2. The smallest absolute Gasteiger partial charge is 0.237 e. The summed E-state index contributed by atoms with van der Waals surface area (Å²) in [7, 11) is 1.84. The van der Waals surface area contributed by atoms with Gasteiger partial charge >= 0.3 is 0 Å². The van der Waals surface area contributed by atoms with Crippen molar-refractivity contribution < 1.29 is 14.3 Å². The van der Waals surface area contributed by atoms with Crippen molar-refractivity contribution in [2.45, 2.75) is 39.2 Å². The van der Waals surface area contributed by atoms with Gasteiger partial charge in [0, 0.05) is 57.3 Å². The summed E-state index contributed by atoms with van der Waals surface area (Å²) < 4.78 is 7.29. The monoisotopic (exact) mass is 681 g/mol. The van der Waals surface area contributed by atoms with Gasteiger partial charge in [0.25, 0.3) is 0 Å². The van der Waals surface area contributed by atoms with Crippen molar-refractivity contribution in [2.75, 3.05) is 49.9 Å². The topological polar surface area (TPSA) is 172 Å². The zero-order valence-electron chi connectivity index (χ0n) is 27.8. The van der Waals surface area contributed by atoms with Crippen LogP contribution in [0.1, 0.15) is 49.4 Å². The number of carbonyl (C=O) groups is 2. The summed E-state index contributed by atoms with van der Waals surface area (Å²) >= 11 is 1.56. The number of aromatic nitrogens is 6. The molecule has 2 fully saturated rings. The normalized spacial score (nSPS) is 19.7. The van der Waals surface area contributed by atoms with E-state index in [0.717, 1.165) is 21.9 Å². The van der Waals surface area contributed by atoms with E-state index in [1.54, 1.807) is 63.9 Å². The third-order valence-corrected chi connectivity index (χ3v) is 10.3. The number of hydrogen-bond donors (Lipinski definition) is 2. The molecule has 3 aliphatic heterocycles. The van der Waals surface area contributed by atoms with Crippen LogP contribution in [0, 0.1) is 10.8 Å². The Morgan fingerprint density at radius 3 is 2.65 bits per heavy atom. The lowest BCUT2D eigenvalue weighted by Crippen LogP contribution is -2.43. The molecule has 3 aliphatic rings. The van der Waals surface area contributed by atoms with Crippen LogP contribution in [-0.2, 0) is 16.6 Å². The number of nitrogens with one attached hydrogen (secondary N) is 1. The van der Waals surface area contributed by atoms with Crippen molar-refractivity contribution in [1.29, 1.82) is 5.41 Å². The first-order valence-electron chi connectivity index (χ1n) is 16.4. The Morgan fingerprint density at radius 1 is 1.10 bits per heavy atom. The summed E-state index contributed by atoms with van der Waals surface area (Å²) in [5.74, 6) is 1.67. The molecule has 7 heterocycles. The van der Waals surface area contributed by atoms with E-state index in [0.29, 0.717) is 80.0 Å². The number of rotatable bonds is 9. The van der Waals surface area contributed by atoms with Crippen LogP contribution in [0.5, 0.6) is 5.88 Å². The first-order valence-corrected chi connectivity index (χ1v) is 17.2. The van der Waals surface area contributed by atoms with Gasteiger partial charge in [-0.1, -0.05) is 6.08 Å². The molecular weight excluding hydrogens is 643 g/mol. The number of thiazole rings is 1. The minimum atomic E-state index is -0.562. The number of nitrogens with zero attached hydrogens (tertiary/aromatic N) is 9. The summed E-state index contributed by atoms with van der Waals surface area (Å²) in [4.78, 5) is 51.8. The Morgan fingerprint density at radius 2 is 1.94 bits per heavy atom. The number of amides is 2. The van der Waals surface area contributed by atoms with E-state index < -0.39 is 5.41 Å². The number of nitrogen functional groups attached to an aromatic ring is 1. The predicted molar refractivity (Wildman–Crippen MR) is 186 cm³/mol. The minimum absolute atomic E-state index is 0.00308. The summed E-state index contributed by atoms with van der Waals surface area (Å²) in [6, 6.07) is 6.89. The molecule has 14 nitrogen and oxygen atoms in total. The molecule has 4 aromatic heterocycles. The van der Waals surface area contributed by atoms with Gasteiger partial charge in [-0.05, 0) is 63.4 Å². The molecule has 0 bridgehead atoms. The second-order valence-electron chi connectivity index (χ2n) is 13.1. The Bertz CT molecular complexity index is 1930. The molecule has 2 saturated heterocycles. The number of nitrogens with two attached hydrogens (primary N) is 1. The summed E-state index contributed by atoms with van der Waals surface area (Å²) in [6.07, 6.45) is 9.20. The second-order valence-corrected chi connectivity index (χ2v) is 14.1. The highest BCUT2D eigenvalue weighted by molar-refractivity contribution is 7.16. The van der Waals surface area contributed by atoms with Crippen LogP contribution in [0.4, 0.5) is 11.5 Å². The standard InChI is InChI=1S/C34H39N11O3S/c1-21(2)48-27-7-4-23(16-37-27)29(36)30-24(35)5-6-26(40-30)45-15-11-34(33(45)47)10-14-43(19-34)18-28(46)44-12-8-22(9-13-44)32-38-17-25(49-32)31-39-20-42(3)41-31/h4-8,16-17,20-21,36H,9-15,18-19,35H2,1-3H3/t34-/m0/s1. The zero-order valence-corrected chi connectivity index (χ0v) is 28.6. The van der Waals surface area contributed by atoms with Gasteiger partial charge in [0.15, 0.2) is 5.82 Å². The summed E-state index contributed by atoms with van der Waals surface area (Å²) in [5.41, 5.74) is 8.13. The molecule has 4 aromatic rings. The van der Waals surface area contributed by atoms with Crippen LogP contribution in [-0.4, -0.2) is 102 Å².